The molecule has 1 fully saturated rings. The van der Waals surface area contributed by atoms with Gasteiger partial charge in [-0.25, -0.2) is 0 Å². The number of piperidine rings is 1. The second-order valence-corrected chi connectivity index (χ2v) is 4.40. The lowest BCUT2D eigenvalue weighted by molar-refractivity contribution is 0.0311. The molecule has 3 nitrogen and oxygen atoms in total. The van der Waals surface area contributed by atoms with Crippen LogP contribution in [0.2, 0.25) is 0 Å². The van der Waals surface area contributed by atoms with Gasteiger partial charge >= 0.3 is 0 Å². The summed E-state index contributed by atoms with van der Waals surface area (Å²) < 4.78 is 5.50. The van der Waals surface area contributed by atoms with E-state index in [1.165, 1.54) is 5.56 Å². The third-order valence-electron chi connectivity index (χ3n) is 3.25. The first-order chi connectivity index (χ1) is 7.79. The Kier molecular flexibility index (Phi) is 3.80. The van der Waals surface area contributed by atoms with E-state index >= 15 is 0 Å². The van der Waals surface area contributed by atoms with E-state index in [1.54, 1.807) is 13.2 Å². The van der Waals surface area contributed by atoms with Gasteiger partial charge in [0, 0.05) is 19.6 Å². The van der Waals surface area contributed by atoms with Crippen LogP contribution < -0.4 is 5.32 Å². The Bertz CT molecular complexity index is 340. The van der Waals surface area contributed by atoms with Crippen LogP contribution in [0.1, 0.15) is 12.0 Å². The quantitative estimate of drug-likeness (QED) is 0.814. The molecule has 2 unspecified atom stereocenters. The molecule has 1 aliphatic rings. The molecule has 1 aromatic carbocycles. The molecule has 2 rings (SSSR count). The summed E-state index contributed by atoms with van der Waals surface area (Å²) in [7, 11) is 1.78. The van der Waals surface area contributed by atoms with Crippen LogP contribution >= 0.6 is 0 Å². The van der Waals surface area contributed by atoms with Crippen LogP contribution in [0.5, 0.6) is 5.75 Å². The second kappa shape index (κ2) is 5.32. The zero-order valence-corrected chi connectivity index (χ0v) is 9.65. The van der Waals surface area contributed by atoms with Crippen molar-refractivity contribution < 1.29 is 9.84 Å². The summed E-state index contributed by atoms with van der Waals surface area (Å²) in [6.45, 7) is 2.03. The lowest BCUT2D eigenvalue weighted by atomic mass is 9.89. The molecular formula is C13H19NO2. The van der Waals surface area contributed by atoms with Gasteiger partial charge in [0.25, 0.3) is 0 Å². The van der Waals surface area contributed by atoms with Gasteiger partial charge in [-0.2, -0.15) is 0 Å². The Morgan fingerprint density at radius 1 is 1.50 bits per heavy atom. The van der Waals surface area contributed by atoms with Crippen LogP contribution in [0.3, 0.4) is 0 Å². The fourth-order valence-electron chi connectivity index (χ4n) is 2.40. The van der Waals surface area contributed by atoms with Crippen molar-refractivity contribution in [3.8, 4) is 5.75 Å². The number of rotatable bonds is 3. The van der Waals surface area contributed by atoms with Crippen LogP contribution in [0.15, 0.2) is 24.3 Å². The van der Waals surface area contributed by atoms with Crippen molar-refractivity contribution in [3.05, 3.63) is 29.8 Å². The van der Waals surface area contributed by atoms with Crippen molar-refractivity contribution >= 4 is 0 Å². The van der Waals surface area contributed by atoms with E-state index in [0.29, 0.717) is 17.8 Å². The van der Waals surface area contributed by atoms with Gasteiger partial charge in [0.05, 0.1) is 6.10 Å². The van der Waals surface area contributed by atoms with Crippen molar-refractivity contribution in [2.45, 2.75) is 18.9 Å². The number of phenols is 1. The number of phenolic OH excluding ortho intramolecular Hbond substituents is 1. The van der Waals surface area contributed by atoms with E-state index < -0.39 is 0 Å². The van der Waals surface area contributed by atoms with E-state index in [-0.39, 0.29) is 0 Å². The molecule has 0 radical (unpaired) electrons. The standard InChI is InChI=1S/C13H19NO2/c1-16-13-5-6-14-9-11(13)7-10-3-2-4-12(15)8-10/h2-4,8,11,13-15H,5-7,9H2,1H3. The summed E-state index contributed by atoms with van der Waals surface area (Å²) in [5.41, 5.74) is 1.18. The maximum Gasteiger partial charge on any atom is 0.115 e. The molecule has 0 aliphatic carbocycles. The highest BCUT2D eigenvalue weighted by atomic mass is 16.5. The van der Waals surface area contributed by atoms with E-state index in [0.717, 1.165) is 25.9 Å². The second-order valence-electron chi connectivity index (χ2n) is 4.40. The molecule has 2 atom stereocenters. The maximum atomic E-state index is 9.42. The smallest absolute Gasteiger partial charge is 0.115 e. The lowest BCUT2D eigenvalue weighted by Crippen LogP contribution is -2.41. The van der Waals surface area contributed by atoms with E-state index in [2.05, 4.69) is 11.4 Å². The van der Waals surface area contributed by atoms with Crippen molar-refractivity contribution in [1.29, 1.82) is 0 Å². The first kappa shape index (κ1) is 11.4. The van der Waals surface area contributed by atoms with Crippen LogP contribution in [-0.2, 0) is 11.2 Å². The predicted molar refractivity (Wildman–Crippen MR) is 63.6 cm³/mol. The normalized spacial score (nSPS) is 25.6. The maximum absolute atomic E-state index is 9.42. The van der Waals surface area contributed by atoms with E-state index in [4.69, 9.17) is 4.74 Å². The van der Waals surface area contributed by atoms with Gasteiger partial charge in [-0.1, -0.05) is 12.1 Å². The molecule has 1 aliphatic heterocycles. The number of hydrogen-bond acceptors (Lipinski definition) is 3. The number of hydrogen-bond donors (Lipinski definition) is 2. The minimum atomic E-state index is 0.337. The average molecular weight is 221 g/mol. The minimum absolute atomic E-state index is 0.337. The van der Waals surface area contributed by atoms with Gasteiger partial charge in [-0.05, 0) is 37.1 Å². The van der Waals surface area contributed by atoms with Gasteiger partial charge in [0.15, 0.2) is 0 Å². The van der Waals surface area contributed by atoms with Crippen molar-refractivity contribution in [2.24, 2.45) is 5.92 Å². The average Bonchev–Trinajstić information content (AvgIpc) is 2.30. The minimum Gasteiger partial charge on any atom is -0.508 e. The molecule has 2 N–H and O–H groups in total. The monoisotopic (exact) mass is 221 g/mol. The third kappa shape index (κ3) is 2.74. The van der Waals surface area contributed by atoms with Gasteiger partial charge < -0.3 is 15.2 Å². The largest absolute Gasteiger partial charge is 0.508 e. The molecule has 1 saturated heterocycles. The highest BCUT2D eigenvalue weighted by Gasteiger charge is 2.24. The first-order valence-electron chi connectivity index (χ1n) is 5.81. The number of aromatic hydroxyl groups is 1. The summed E-state index contributed by atoms with van der Waals surface area (Å²) in [6.07, 6.45) is 2.36. The van der Waals surface area contributed by atoms with Crippen LogP contribution in [0.25, 0.3) is 0 Å². The Morgan fingerprint density at radius 2 is 2.38 bits per heavy atom. The van der Waals surface area contributed by atoms with E-state index in [1.807, 2.05) is 12.1 Å². The van der Waals surface area contributed by atoms with Gasteiger partial charge in [0.1, 0.15) is 5.75 Å². The molecular weight excluding hydrogens is 202 g/mol. The number of benzene rings is 1. The van der Waals surface area contributed by atoms with Gasteiger partial charge in [0.2, 0.25) is 0 Å². The molecule has 3 heteroatoms. The Hall–Kier alpha value is -1.06. The highest BCUT2D eigenvalue weighted by molar-refractivity contribution is 5.27. The van der Waals surface area contributed by atoms with Crippen molar-refractivity contribution in [3.63, 3.8) is 0 Å². The van der Waals surface area contributed by atoms with Crippen molar-refractivity contribution in [1.82, 2.24) is 5.32 Å². The molecule has 0 saturated carbocycles. The molecule has 0 bridgehead atoms. The van der Waals surface area contributed by atoms with Crippen LogP contribution in [0, 0.1) is 5.92 Å². The first-order valence-corrected chi connectivity index (χ1v) is 5.81. The molecule has 88 valence electrons. The number of ether oxygens (including phenoxy) is 1. The van der Waals surface area contributed by atoms with Crippen LogP contribution in [0.4, 0.5) is 0 Å². The summed E-state index contributed by atoms with van der Waals surface area (Å²) in [5.74, 6) is 0.843. The lowest BCUT2D eigenvalue weighted by Gasteiger charge is -2.31. The fourth-order valence-corrected chi connectivity index (χ4v) is 2.40. The SMILES string of the molecule is COC1CCNCC1Cc1cccc(O)c1. The summed E-state index contributed by atoms with van der Waals surface area (Å²) in [6, 6.07) is 7.49. The number of methoxy groups -OCH3 is 1. The van der Waals surface area contributed by atoms with Crippen molar-refractivity contribution in [2.75, 3.05) is 20.2 Å². The Morgan fingerprint density at radius 3 is 3.12 bits per heavy atom. The highest BCUT2D eigenvalue weighted by Crippen LogP contribution is 2.21. The molecule has 16 heavy (non-hydrogen) atoms. The predicted octanol–water partition coefficient (Wildman–Crippen LogP) is 1.56. The summed E-state index contributed by atoms with van der Waals surface area (Å²) in [5, 5.41) is 12.8. The van der Waals surface area contributed by atoms with Crippen LogP contribution in [-0.4, -0.2) is 31.4 Å². The topological polar surface area (TPSA) is 41.5 Å². The zero-order chi connectivity index (χ0) is 11.4. The fraction of sp³-hybridized carbons (Fsp3) is 0.538. The number of nitrogens with one attached hydrogen (secondary N) is 1. The van der Waals surface area contributed by atoms with Gasteiger partial charge in [-0.15, -0.1) is 0 Å². The summed E-state index contributed by atoms with van der Waals surface area (Å²) in [4.78, 5) is 0. The van der Waals surface area contributed by atoms with E-state index in [9.17, 15) is 5.11 Å². The van der Waals surface area contributed by atoms with Gasteiger partial charge in [-0.3, -0.25) is 0 Å². The zero-order valence-electron chi connectivity index (χ0n) is 9.65. The molecule has 0 amide bonds. The molecule has 1 aromatic rings. The third-order valence-corrected chi connectivity index (χ3v) is 3.25. The molecule has 0 aromatic heterocycles. The Labute approximate surface area is 96.4 Å². The molecule has 1 heterocycles. The Balaban J connectivity index is 2.02. The summed E-state index contributed by atoms with van der Waals surface area (Å²) >= 11 is 0. The molecule has 0 spiro atoms.